The lowest BCUT2D eigenvalue weighted by molar-refractivity contribution is -0.139. The quantitative estimate of drug-likeness (QED) is 0.805. The minimum Gasteiger partial charge on any atom is -0.480 e. The number of aliphatic carboxylic acids is 1. The Morgan fingerprint density at radius 3 is 2.88 bits per heavy atom. The Kier molecular flexibility index (Phi) is 5.29. The molecule has 0 saturated heterocycles. The van der Waals surface area contributed by atoms with Crippen molar-refractivity contribution in [1.29, 1.82) is 0 Å². The van der Waals surface area contributed by atoms with Crippen LogP contribution in [0.25, 0.3) is 0 Å². The first-order valence-electron chi connectivity index (χ1n) is 5.34. The molecule has 0 amide bonds. The molecule has 4 heteroatoms. The molecular weight excluding hydrogens is 226 g/mol. The summed E-state index contributed by atoms with van der Waals surface area (Å²) in [6.07, 6.45) is 1.48. The minimum atomic E-state index is -0.802. The van der Waals surface area contributed by atoms with Crippen LogP contribution in [0.3, 0.4) is 0 Å². The van der Waals surface area contributed by atoms with E-state index in [9.17, 15) is 4.79 Å². The molecule has 0 saturated carbocycles. The highest BCUT2D eigenvalue weighted by atomic mass is 35.5. The Balaban J connectivity index is 2.51. The van der Waals surface area contributed by atoms with Crippen molar-refractivity contribution in [2.75, 3.05) is 0 Å². The van der Waals surface area contributed by atoms with E-state index in [0.29, 0.717) is 18.0 Å². The van der Waals surface area contributed by atoms with Crippen LogP contribution >= 0.6 is 11.6 Å². The summed E-state index contributed by atoms with van der Waals surface area (Å²) in [7, 11) is 0. The monoisotopic (exact) mass is 241 g/mol. The first-order valence-corrected chi connectivity index (χ1v) is 5.72. The zero-order valence-corrected chi connectivity index (χ0v) is 10.00. The summed E-state index contributed by atoms with van der Waals surface area (Å²) < 4.78 is 0. The van der Waals surface area contributed by atoms with E-state index in [0.717, 1.165) is 12.0 Å². The van der Waals surface area contributed by atoms with E-state index in [-0.39, 0.29) is 0 Å². The summed E-state index contributed by atoms with van der Waals surface area (Å²) >= 11 is 5.84. The van der Waals surface area contributed by atoms with Gasteiger partial charge in [0.05, 0.1) is 0 Å². The van der Waals surface area contributed by atoms with Crippen molar-refractivity contribution in [3.05, 3.63) is 34.9 Å². The topological polar surface area (TPSA) is 49.3 Å². The second kappa shape index (κ2) is 6.51. The van der Waals surface area contributed by atoms with Gasteiger partial charge in [0, 0.05) is 11.6 Å². The Morgan fingerprint density at radius 2 is 2.31 bits per heavy atom. The second-order valence-corrected chi connectivity index (χ2v) is 4.13. The first kappa shape index (κ1) is 13.0. The van der Waals surface area contributed by atoms with Gasteiger partial charge in [0.25, 0.3) is 0 Å². The molecule has 2 N–H and O–H groups in total. The molecule has 0 radical (unpaired) electrons. The van der Waals surface area contributed by atoms with Gasteiger partial charge in [-0.15, -0.1) is 0 Å². The smallest absolute Gasteiger partial charge is 0.320 e. The molecule has 88 valence electrons. The number of hydrogen-bond donors (Lipinski definition) is 2. The van der Waals surface area contributed by atoms with E-state index in [1.54, 1.807) is 6.07 Å². The van der Waals surface area contributed by atoms with E-state index in [4.69, 9.17) is 16.7 Å². The molecule has 0 aliphatic carbocycles. The highest BCUT2D eigenvalue weighted by molar-refractivity contribution is 6.30. The fourth-order valence-corrected chi connectivity index (χ4v) is 1.70. The Morgan fingerprint density at radius 1 is 1.56 bits per heavy atom. The maximum absolute atomic E-state index is 10.9. The molecule has 0 fully saturated rings. The molecule has 1 rings (SSSR count). The fourth-order valence-electron chi connectivity index (χ4n) is 1.49. The van der Waals surface area contributed by atoms with Gasteiger partial charge >= 0.3 is 5.97 Å². The zero-order valence-electron chi connectivity index (χ0n) is 9.24. The molecule has 3 nitrogen and oxygen atoms in total. The van der Waals surface area contributed by atoms with Crippen molar-refractivity contribution in [3.63, 3.8) is 0 Å². The fraction of sp³-hybridized carbons (Fsp3) is 0.417. The molecule has 0 heterocycles. The lowest BCUT2D eigenvalue weighted by atomic mass is 10.1. The predicted molar refractivity (Wildman–Crippen MR) is 64.6 cm³/mol. The number of halogens is 1. The summed E-state index contributed by atoms with van der Waals surface area (Å²) in [4.78, 5) is 10.9. The Bertz CT molecular complexity index is 355. The molecule has 1 unspecified atom stereocenters. The van der Waals surface area contributed by atoms with Gasteiger partial charge in [-0.25, -0.2) is 0 Å². The minimum absolute atomic E-state index is 0.482. The summed E-state index contributed by atoms with van der Waals surface area (Å²) in [5.41, 5.74) is 0.995. The maximum atomic E-state index is 10.9. The first-order chi connectivity index (χ1) is 7.63. The van der Waals surface area contributed by atoms with Crippen LogP contribution in [0.15, 0.2) is 24.3 Å². The number of carbonyl (C=O) groups is 1. The van der Waals surface area contributed by atoms with Gasteiger partial charge in [0.15, 0.2) is 0 Å². The van der Waals surface area contributed by atoms with Crippen molar-refractivity contribution in [3.8, 4) is 0 Å². The van der Waals surface area contributed by atoms with Gasteiger partial charge in [-0.05, 0) is 24.1 Å². The summed E-state index contributed by atoms with van der Waals surface area (Å²) in [5.74, 6) is -0.802. The summed E-state index contributed by atoms with van der Waals surface area (Å²) in [6, 6.07) is 6.92. The number of benzene rings is 1. The molecule has 1 atom stereocenters. The number of rotatable bonds is 6. The van der Waals surface area contributed by atoms with Crippen LogP contribution in [0.5, 0.6) is 0 Å². The molecule has 0 aromatic heterocycles. The number of carboxylic acids is 1. The second-order valence-electron chi connectivity index (χ2n) is 3.69. The van der Waals surface area contributed by atoms with E-state index in [1.807, 2.05) is 25.1 Å². The molecule has 1 aromatic rings. The van der Waals surface area contributed by atoms with Crippen LogP contribution in [-0.2, 0) is 11.3 Å². The third-order valence-electron chi connectivity index (χ3n) is 2.32. The van der Waals surface area contributed by atoms with Crippen molar-refractivity contribution in [2.24, 2.45) is 0 Å². The van der Waals surface area contributed by atoms with Crippen LogP contribution in [0, 0.1) is 0 Å². The largest absolute Gasteiger partial charge is 0.480 e. The van der Waals surface area contributed by atoms with Crippen LogP contribution in [-0.4, -0.2) is 17.1 Å². The Hall–Kier alpha value is -1.06. The van der Waals surface area contributed by atoms with E-state index >= 15 is 0 Å². The van der Waals surface area contributed by atoms with E-state index < -0.39 is 12.0 Å². The van der Waals surface area contributed by atoms with Gasteiger partial charge in [-0.3, -0.25) is 4.79 Å². The average molecular weight is 242 g/mol. The lowest BCUT2D eigenvalue weighted by Crippen LogP contribution is -2.35. The number of carboxylic acid groups (broad SMARTS) is 1. The number of nitrogens with one attached hydrogen (secondary N) is 1. The summed E-state index contributed by atoms with van der Waals surface area (Å²) in [6.45, 7) is 2.49. The van der Waals surface area contributed by atoms with Gasteiger partial charge in [0.1, 0.15) is 6.04 Å². The van der Waals surface area contributed by atoms with Gasteiger partial charge in [0.2, 0.25) is 0 Å². The standard InChI is InChI=1S/C12H16ClNO2/c1-2-4-11(12(15)16)14-8-9-5-3-6-10(13)7-9/h3,5-7,11,14H,2,4,8H2,1H3,(H,15,16). The third-order valence-corrected chi connectivity index (χ3v) is 2.55. The molecule has 0 aliphatic rings. The molecule has 0 spiro atoms. The lowest BCUT2D eigenvalue weighted by Gasteiger charge is -2.13. The van der Waals surface area contributed by atoms with Gasteiger partial charge < -0.3 is 10.4 Å². The SMILES string of the molecule is CCCC(NCc1cccc(Cl)c1)C(=O)O. The molecule has 0 bridgehead atoms. The normalized spacial score (nSPS) is 12.4. The van der Waals surface area contributed by atoms with Gasteiger partial charge in [-0.2, -0.15) is 0 Å². The molecule has 0 aliphatic heterocycles. The van der Waals surface area contributed by atoms with Crippen LogP contribution in [0.2, 0.25) is 5.02 Å². The maximum Gasteiger partial charge on any atom is 0.320 e. The number of hydrogen-bond acceptors (Lipinski definition) is 2. The van der Waals surface area contributed by atoms with Crippen molar-refractivity contribution < 1.29 is 9.90 Å². The van der Waals surface area contributed by atoms with Gasteiger partial charge in [-0.1, -0.05) is 37.1 Å². The molecule has 1 aromatic carbocycles. The molecule has 16 heavy (non-hydrogen) atoms. The zero-order chi connectivity index (χ0) is 12.0. The Labute approximate surface area is 100 Å². The highest BCUT2D eigenvalue weighted by Crippen LogP contribution is 2.10. The molecular formula is C12H16ClNO2. The van der Waals surface area contributed by atoms with Crippen molar-refractivity contribution >= 4 is 17.6 Å². The van der Waals surface area contributed by atoms with E-state index in [1.165, 1.54) is 0 Å². The average Bonchev–Trinajstić information content (AvgIpc) is 2.24. The van der Waals surface area contributed by atoms with E-state index in [2.05, 4.69) is 5.32 Å². The predicted octanol–water partition coefficient (Wildman–Crippen LogP) is 2.68. The van der Waals surface area contributed by atoms with Crippen molar-refractivity contribution in [2.45, 2.75) is 32.4 Å². The summed E-state index contributed by atoms with van der Waals surface area (Å²) in [5, 5.41) is 12.6. The van der Waals surface area contributed by atoms with Crippen LogP contribution in [0.4, 0.5) is 0 Å². The van der Waals surface area contributed by atoms with Crippen LogP contribution < -0.4 is 5.32 Å². The van der Waals surface area contributed by atoms with Crippen molar-refractivity contribution in [1.82, 2.24) is 5.32 Å². The highest BCUT2D eigenvalue weighted by Gasteiger charge is 2.14. The van der Waals surface area contributed by atoms with Crippen LogP contribution in [0.1, 0.15) is 25.3 Å². The third kappa shape index (κ3) is 4.21.